The van der Waals surface area contributed by atoms with Crippen molar-refractivity contribution < 1.29 is 9.59 Å². The van der Waals surface area contributed by atoms with E-state index >= 15 is 0 Å². The lowest BCUT2D eigenvalue weighted by Crippen LogP contribution is -2.50. The maximum absolute atomic E-state index is 13.5. The highest BCUT2D eigenvalue weighted by atomic mass is 16.2. The number of piperazine rings is 1. The van der Waals surface area contributed by atoms with Crippen LogP contribution in [0.1, 0.15) is 20.8 Å². The molecule has 0 radical (unpaired) electrons. The molecule has 3 heterocycles. The minimum atomic E-state index is -0.169. The average molecular weight is 438 g/mol. The Morgan fingerprint density at radius 3 is 2.03 bits per heavy atom. The lowest BCUT2D eigenvalue weighted by Gasteiger charge is -2.34. The molecule has 1 fully saturated rings. The Hall–Kier alpha value is -4.33. The van der Waals surface area contributed by atoms with E-state index in [1.54, 1.807) is 20.7 Å². The van der Waals surface area contributed by atoms with E-state index < -0.39 is 0 Å². The van der Waals surface area contributed by atoms with Gasteiger partial charge in [-0.15, -0.1) is 0 Å². The van der Waals surface area contributed by atoms with Crippen LogP contribution in [0.4, 0.5) is 0 Å². The fourth-order valence-corrected chi connectivity index (χ4v) is 3.91. The molecule has 0 atom stereocenters. The quantitative estimate of drug-likeness (QED) is 0.489. The predicted molar refractivity (Wildman–Crippen MR) is 123 cm³/mol. The van der Waals surface area contributed by atoms with Crippen LogP contribution in [-0.2, 0) is 0 Å². The first-order chi connectivity index (χ1) is 16.2. The molecular weight excluding hydrogens is 416 g/mol. The van der Waals surface area contributed by atoms with Crippen molar-refractivity contribution in [3.63, 3.8) is 0 Å². The van der Waals surface area contributed by atoms with E-state index in [0.29, 0.717) is 43.1 Å². The molecule has 0 bridgehead atoms. The van der Waals surface area contributed by atoms with Crippen molar-refractivity contribution in [2.75, 3.05) is 26.2 Å². The maximum Gasteiger partial charge on any atom is 0.274 e. The third-order valence-electron chi connectivity index (χ3n) is 5.65. The Morgan fingerprint density at radius 1 is 0.758 bits per heavy atom. The van der Waals surface area contributed by atoms with E-state index in [-0.39, 0.29) is 11.8 Å². The summed E-state index contributed by atoms with van der Waals surface area (Å²) in [5, 5.41) is 4.74. The van der Waals surface area contributed by atoms with Crippen molar-refractivity contribution in [1.82, 2.24) is 29.5 Å². The molecule has 0 N–H and O–H groups in total. The molecule has 164 valence electrons. The van der Waals surface area contributed by atoms with E-state index in [9.17, 15) is 9.59 Å². The Morgan fingerprint density at radius 2 is 1.39 bits per heavy atom. The molecule has 2 aromatic heterocycles. The number of rotatable bonds is 4. The summed E-state index contributed by atoms with van der Waals surface area (Å²) in [6, 6.07) is 19.4. The first kappa shape index (κ1) is 20.6. The summed E-state index contributed by atoms with van der Waals surface area (Å²) < 4.78 is 1.74. The summed E-state index contributed by atoms with van der Waals surface area (Å²) in [5.41, 5.74) is 3.26. The van der Waals surface area contributed by atoms with E-state index in [1.807, 2.05) is 60.7 Å². The van der Waals surface area contributed by atoms with Gasteiger partial charge < -0.3 is 9.80 Å². The summed E-state index contributed by atoms with van der Waals surface area (Å²) in [7, 11) is 0. The van der Waals surface area contributed by atoms with Gasteiger partial charge in [0.2, 0.25) is 0 Å². The van der Waals surface area contributed by atoms with Crippen LogP contribution in [0.3, 0.4) is 0 Å². The summed E-state index contributed by atoms with van der Waals surface area (Å²) in [5.74, 6) is -0.264. The third-order valence-corrected chi connectivity index (χ3v) is 5.65. The number of amides is 2. The molecule has 0 aliphatic carbocycles. The number of hydrogen-bond donors (Lipinski definition) is 0. The van der Waals surface area contributed by atoms with E-state index in [0.717, 1.165) is 11.3 Å². The molecule has 1 aliphatic rings. The molecule has 8 nitrogen and oxygen atoms in total. The van der Waals surface area contributed by atoms with Crippen LogP contribution in [0.15, 0.2) is 85.5 Å². The minimum absolute atomic E-state index is 0.0948. The highest BCUT2D eigenvalue weighted by Crippen LogP contribution is 2.25. The first-order valence-electron chi connectivity index (χ1n) is 10.8. The summed E-state index contributed by atoms with van der Waals surface area (Å²) in [6.07, 6.45) is 6.29. The zero-order valence-corrected chi connectivity index (χ0v) is 17.9. The third kappa shape index (κ3) is 4.23. The van der Waals surface area contributed by atoms with Crippen molar-refractivity contribution in [2.24, 2.45) is 0 Å². The van der Waals surface area contributed by atoms with Gasteiger partial charge in [0.1, 0.15) is 11.4 Å². The van der Waals surface area contributed by atoms with Gasteiger partial charge in [-0.25, -0.2) is 9.67 Å². The van der Waals surface area contributed by atoms with Gasteiger partial charge in [0.15, 0.2) is 0 Å². The first-order valence-corrected chi connectivity index (χ1v) is 10.8. The molecule has 0 saturated carbocycles. The standard InChI is InChI=1S/C25H22N6O2/c32-24(29-13-15-30(16-14-29)25(33)22-17-26-11-12-27-22)21-18-31(20-9-5-2-6-10-20)28-23(21)19-7-3-1-4-8-19/h1-12,17-18H,13-16H2. The second-order valence-corrected chi connectivity index (χ2v) is 7.71. The van der Waals surface area contributed by atoms with E-state index in [2.05, 4.69) is 9.97 Å². The minimum Gasteiger partial charge on any atom is -0.335 e. The van der Waals surface area contributed by atoms with Crippen LogP contribution < -0.4 is 0 Å². The summed E-state index contributed by atoms with van der Waals surface area (Å²) >= 11 is 0. The topological polar surface area (TPSA) is 84.2 Å². The number of para-hydroxylation sites is 1. The van der Waals surface area contributed by atoms with Crippen LogP contribution in [-0.4, -0.2) is 67.5 Å². The smallest absolute Gasteiger partial charge is 0.274 e. The molecule has 5 rings (SSSR count). The zero-order chi connectivity index (χ0) is 22.6. The van der Waals surface area contributed by atoms with Crippen molar-refractivity contribution in [2.45, 2.75) is 0 Å². The summed E-state index contributed by atoms with van der Waals surface area (Å²) in [4.78, 5) is 37.7. The Balaban J connectivity index is 1.38. The number of carbonyl (C=O) groups excluding carboxylic acids is 2. The van der Waals surface area contributed by atoms with Crippen molar-refractivity contribution in [3.05, 3.63) is 96.7 Å². The fourth-order valence-electron chi connectivity index (χ4n) is 3.91. The number of carbonyl (C=O) groups is 2. The van der Waals surface area contributed by atoms with Gasteiger partial charge in [-0.05, 0) is 12.1 Å². The van der Waals surface area contributed by atoms with Crippen LogP contribution in [0.25, 0.3) is 16.9 Å². The lowest BCUT2D eigenvalue weighted by molar-refractivity contribution is 0.0532. The van der Waals surface area contributed by atoms with Gasteiger partial charge in [0.05, 0.1) is 17.4 Å². The monoisotopic (exact) mass is 438 g/mol. The van der Waals surface area contributed by atoms with Gasteiger partial charge in [0.25, 0.3) is 11.8 Å². The maximum atomic E-state index is 13.5. The van der Waals surface area contributed by atoms with Crippen LogP contribution in [0.5, 0.6) is 0 Å². The second-order valence-electron chi connectivity index (χ2n) is 7.71. The normalized spacial score (nSPS) is 13.7. The van der Waals surface area contributed by atoms with Crippen molar-refractivity contribution in [1.29, 1.82) is 0 Å². The molecule has 0 spiro atoms. The Bertz CT molecular complexity index is 1250. The molecule has 0 unspecified atom stereocenters. The van der Waals surface area contributed by atoms with Crippen molar-refractivity contribution in [3.8, 4) is 16.9 Å². The predicted octanol–water partition coefficient (Wildman–Crippen LogP) is 2.93. The highest BCUT2D eigenvalue weighted by molar-refractivity contribution is 6.00. The van der Waals surface area contributed by atoms with Gasteiger partial charge in [0, 0.05) is 50.3 Å². The molecule has 1 saturated heterocycles. The molecule has 1 aliphatic heterocycles. The second kappa shape index (κ2) is 9.04. The molecule has 4 aromatic rings. The van der Waals surface area contributed by atoms with Crippen LogP contribution in [0.2, 0.25) is 0 Å². The average Bonchev–Trinajstić information content (AvgIpc) is 3.35. The number of aromatic nitrogens is 4. The SMILES string of the molecule is O=C(c1cnccn1)N1CCN(C(=O)c2cn(-c3ccccc3)nc2-c2ccccc2)CC1. The van der Waals surface area contributed by atoms with Gasteiger partial charge >= 0.3 is 0 Å². The molecule has 2 aromatic carbocycles. The number of nitrogens with zero attached hydrogens (tertiary/aromatic N) is 6. The van der Waals surface area contributed by atoms with Crippen LogP contribution in [0, 0.1) is 0 Å². The van der Waals surface area contributed by atoms with Gasteiger partial charge in [-0.2, -0.15) is 5.10 Å². The molecule has 2 amide bonds. The Kier molecular flexibility index (Phi) is 5.63. The molecule has 33 heavy (non-hydrogen) atoms. The summed E-state index contributed by atoms with van der Waals surface area (Å²) in [6.45, 7) is 1.76. The van der Waals surface area contributed by atoms with Crippen LogP contribution >= 0.6 is 0 Å². The zero-order valence-electron chi connectivity index (χ0n) is 17.9. The molecule has 8 heteroatoms. The fraction of sp³-hybridized carbons (Fsp3) is 0.160. The highest BCUT2D eigenvalue weighted by Gasteiger charge is 2.29. The number of hydrogen-bond acceptors (Lipinski definition) is 5. The largest absolute Gasteiger partial charge is 0.335 e. The van der Waals surface area contributed by atoms with E-state index in [4.69, 9.17) is 5.10 Å². The van der Waals surface area contributed by atoms with E-state index in [1.165, 1.54) is 18.6 Å². The molecular formula is C25H22N6O2. The van der Waals surface area contributed by atoms with Gasteiger partial charge in [-0.3, -0.25) is 14.6 Å². The Labute approximate surface area is 191 Å². The van der Waals surface area contributed by atoms with Crippen molar-refractivity contribution >= 4 is 11.8 Å². The van der Waals surface area contributed by atoms with Gasteiger partial charge in [-0.1, -0.05) is 48.5 Å². The lowest BCUT2D eigenvalue weighted by atomic mass is 10.1. The number of benzene rings is 2.